The summed E-state index contributed by atoms with van der Waals surface area (Å²) < 4.78 is 0. The van der Waals surface area contributed by atoms with E-state index in [0.29, 0.717) is 0 Å². The summed E-state index contributed by atoms with van der Waals surface area (Å²) in [6, 6.07) is 0.228. The van der Waals surface area contributed by atoms with E-state index < -0.39 is 0 Å². The minimum absolute atomic E-state index is 0.228. The minimum Gasteiger partial charge on any atom is -0.369 e. The fraction of sp³-hybridized carbons (Fsp3) is 0.636. The van der Waals surface area contributed by atoms with E-state index in [4.69, 9.17) is 5.73 Å². The van der Waals surface area contributed by atoms with Gasteiger partial charge in [-0.15, -0.1) is 0 Å². The van der Waals surface area contributed by atoms with Crippen molar-refractivity contribution in [2.45, 2.75) is 12.5 Å². The van der Waals surface area contributed by atoms with Crippen LogP contribution in [0.1, 0.15) is 6.42 Å². The number of hydrogen-bond acceptors (Lipinski definition) is 3. The summed E-state index contributed by atoms with van der Waals surface area (Å²) in [6.07, 6.45) is 7.52. The summed E-state index contributed by atoms with van der Waals surface area (Å²) in [4.78, 5) is 4.82. The summed E-state index contributed by atoms with van der Waals surface area (Å²) in [7, 11) is 2.18. The predicted octanol–water partition coefficient (Wildman–Crippen LogP) is 0.405. The van der Waals surface area contributed by atoms with Crippen LogP contribution >= 0.6 is 0 Å². The van der Waals surface area contributed by atoms with Gasteiger partial charge < -0.3 is 15.5 Å². The molecule has 1 saturated heterocycles. The van der Waals surface area contributed by atoms with Crippen molar-refractivity contribution in [1.82, 2.24) is 9.80 Å². The fourth-order valence-corrected chi connectivity index (χ4v) is 1.92. The number of likely N-dealkylation sites (N-methyl/N-ethyl adjacent to an activating group) is 1. The van der Waals surface area contributed by atoms with Crippen LogP contribution in [0.2, 0.25) is 0 Å². The highest BCUT2D eigenvalue weighted by Crippen LogP contribution is 2.15. The molecular weight excluding hydrogens is 174 g/mol. The molecule has 0 aromatic carbocycles. The van der Waals surface area contributed by atoms with Crippen LogP contribution in [0.15, 0.2) is 23.9 Å². The highest BCUT2D eigenvalue weighted by atomic mass is 15.2. The summed E-state index contributed by atoms with van der Waals surface area (Å²) in [5, 5.41) is 0. The van der Waals surface area contributed by atoms with Crippen LogP contribution in [0.5, 0.6) is 0 Å². The van der Waals surface area contributed by atoms with E-state index in [1.54, 1.807) is 0 Å². The SMILES string of the molecule is CN1CCN(C2=CCC(N)C=C2)CC1. The Morgan fingerprint density at radius 2 is 2.00 bits per heavy atom. The molecule has 0 amide bonds. The lowest BCUT2D eigenvalue weighted by atomic mass is 10.1. The zero-order valence-electron chi connectivity index (χ0n) is 8.82. The van der Waals surface area contributed by atoms with Crippen LogP contribution in [-0.2, 0) is 0 Å². The van der Waals surface area contributed by atoms with Crippen molar-refractivity contribution in [3.05, 3.63) is 23.9 Å². The number of hydrogen-bond donors (Lipinski definition) is 1. The fourth-order valence-electron chi connectivity index (χ4n) is 1.92. The molecule has 14 heavy (non-hydrogen) atoms. The van der Waals surface area contributed by atoms with E-state index in [1.165, 1.54) is 5.70 Å². The topological polar surface area (TPSA) is 32.5 Å². The van der Waals surface area contributed by atoms with Crippen LogP contribution in [0, 0.1) is 0 Å². The van der Waals surface area contributed by atoms with Crippen molar-refractivity contribution < 1.29 is 0 Å². The Bertz CT molecular complexity index is 249. The van der Waals surface area contributed by atoms with Gasteiger partial charge in [0.05, 0.1) is 0 Å². The van der Waals surface area contributed by atoms with Gasteiger partial charge in [-0.1, -0.05) is 12.2 Å². The van der Waals surface area contributed by atoms with Crippen molar-refractivity contribution >= 4 is 0 Å². The molecule has 0 aromatic rings. The molecule has 1 heterocycles. The summed E-state index contributed by atoms with van der Waals surface area (Å²) >= 11 is 0. The zero-order chi connectivity index (χ0) is 9.97. The van der Waals surface area contributed by atoms with E-state index in [9.17, 15) is 0 Å². The van der Waals surface area contributed by atoms with E-state index in [-0.39, 0.29) is 6.04 Å². The van der Waals surface area contributed by atoms with E-state index in [2.05, 4.69) is 35.1 Å². The van der Waals surface area contributed by atoms with Crippen molar-refractivity contribution in [3.63, 3.8) is 0 Å². The molecule has 2 rings (SSSR count). The summed E-state index contributed by atoms with van der Waals surface area (Å²) in [6.45, 7) is 4.61. The smallest absolute Gasteiger partial charge is 0.0324 e. The van der Waals surface area contributed by atoms with Gasteiger partial charge in [-0.05, 0) is 19.5 Å². The van der Waals surface area contributed by atoms with Gasteiger partial charge in [0.25, 0.3) is 0 Å². The van der Waals surface area contributed by atoms with Crippen molar-refractivity contribution in [3.8, 4) is 0 Å². The Labute approximate surface area is 85.9 Å². The van der Waals surface area contributed by atoms with Crippen LogP contribution in [0.25, 0.3) is 0 Å². The van der Waals surface area contributed by atoms with Crippen molar-refractivity contribution in [2.75, 3.05) is 33.2 Å². The molecule has 1 atom stereocenters. The normalized spacial score (nSPS) is 29.1. The number of rotatable bonds is 1. The first-order valence-electron chi connectivity index (χ1n) is 5.33. The largest absolute Gasteiger partial charge is 0.369 e. The molecule has 0 saturated carbocycles. The van der Waals surface area contributed by atoms with Gasteiger partial charge in [0.2, 0.25) is 0 Å². The van der Waals surface area contributed by atoms with E-state index in [0.717, 1.165) is 32.6 Å². The zero-order valence-corrected chi connectivity index (χ0v) is 8.82. The van der Waals surface area contributed by atoms with Gasteiger partial charge in [0.15, 0.2) is 0 Å². The third-order valence-corrected chi connectivity index (χ3v) is 2.98. The lowest BCUT2D eigenvalue weighted by molar-refractivity contribution is 0.189. The molecular formula is C11H19N3. The average Bonchev–Trinajstić information content (AvgIpc) is 2.21. The van der Waals surface area contributed by atoms with Gasteiger partial charge in [-0.2, -0.15) is 0 Å². The minimum atomic E-state index is 0.228. The molecule has 78 valence electrons. The molecule has 1 unspecified atom stereocenters. The predicted molar refractivity (Wildman–Crippen MR) is 58.9 cm³/mol. The second-order valence-corrected chi connectivity index (χ2v) is 4.18. The monoisotopic (exact) mass is 193 g/mol. The molecule has 0 bridgehead atoms. The molecule has 3 heteroatoms. The van der Waals surface area contributed by atoms with Crippen LogP contribution in [0.4, 0.5) is 0 Å². The van der Waals surface area contributed by atoms with E-state index >= 15 is 0 Å². The van der Waals surface area contributed by atoms with Gasteiger partial charge >= 0.3 is 0 Å². The molecule has 1 fully saturated rings. The van der Waals surface area contributed by atoms with Gasteiger partial charge in [-0.3, -0.25) is 0 Å². The highest BCUT2D eigenvalue weighted by molar-refractivity contribution is 5.24. The molecule has 2 aliphatic rings. The summed E-state index contributed by atoms with van der Waals surface area (Å²) in [5.41, 5.74) is 7.15. The Kier molecular flexibility index (Phi) is 2.89. The number of nitrogens with two attached hydrogens (primary N) is 1. The standard InChI is InChI=1S/C11H19N3/c1-13-6-8-14(9-7-13)11-4-2-10(12)3-5-11/h2,4-5,10H,3,6-9,12H2,1H3. The first kappa shape index (κ1) is 9.74. The van der Waals surface area contributed by atoms with Gasteiger partial charge in [0, 0.05) is 37.9 Å². The number of allylic oxidation sites excluding steroid dienone is 1. The Morgan fingerprint density at radius 1 is 1.29 bits per heavy atom. The van der Waals surface area contributed by atoms with E-state index in [1.807, 2.05) is 0 Å². The third kappa shape index (κ3) is 2.16. The first-order chi connectivity index (χ1) is 6.75. The van der Waals surface area contributed by atoms with Crippen LogP contribution < -0.4 is 5.73 Å². The van der Waals surface area contributed by atoms with Crippen molar-refractivity contribution in [2.24, 2.45) is 5.73 Å². The lowest BCUT2D eigenvalue weighted by Gasteiger charge is -2.35. The molecule has 0 aromatic heterocycles. The molecule has 0 radical (unpaired) electrons. The highest BCUT2D eigenvalue weighted by Gasteiger charge is 2.16. The second kappa shape index (κ2) is 4.15. The maximum atomic E-state index is 5.79. The van der Waals surface area contributed by atoms with Crippen molar-refractivity contribution in [1.29, 1.82) is 0 Å². The lowest BCUT2D eigenvalue weighted by Crippen LogP contribution is -2.43. The maximum Gasteiger partial charge on any atom is 0.0324 e. The third-order valence-electron chi connectivity index (χ3n) is 2.98. The maximum absolute atomic E-state index is 5.79. The number of piperazine rings is 1. The molecule has 2 N–H and O–H groups in total. The Balaban J connectivity index is 1.93. The van der Waals surface area contributed by atoms with Crippen LogP contribution in [-0.4, -0.2) is 49.1 Å². The average molecular weight is 193 g/mol. The second-order valence-electron chi connectivity index (χ2n) is 4.18. The molecule has 3 nitrogen and oxygen atoms in total. The first-order valence-corrected chi connectivity index (χ1v) is 5.33. The molecule has 1 aliphatic carbocycles. The molecule has 1 aliphatic heterocycles. The summed E-state index contributed by atoms with van der Waals surface area (Å²) in [5.74, 6) is 0. The van der Waals surface area contributed by atoms with Gasteiger partial charge in [-0.25, -0.2) is 0 Å². The van der Waals surface area contributed by atoms with Gasteiger partial charge in [0.1, 0.15) is 0 Å². The quantitative estimate of drug-likeness (QED) is 0.654. The number of nitrogens with zero attached hydrogens (tertiary/aromatic N) is 2. The Hall–Kier alpha value is -0.800. The molecule has 0 spiro atoms. The Morgan fingerprint density at radius 3 is 2.57 bits per heavy atom. The van der Waals surface area contributed by atoms with Crippen LogP contribution in [0.3, 0.4) is 0 Å².